The van der Waals surface area contributed by atoms with Crippen LogP contribution >= 0.6 is 11.3 Å². The SMILES string of the molecule is COc1ccc2c(c1)CCC[C@@H]2CNC(=O)NCc1cscn1. The molecule has 0 unspecified atom stereocenters. The van der Waals surface area contributed by atoms with E-state index in [0.717, 1.165) is 30.7 Å². The van der Waals surface area contributed by atoms with E-state index in [2.05, 4.69) is 27.8 Å². The summed E-state index contributed by atoms with van der Waals surface area (Å²) in [7, 11) is 1.69. The van der Waals surface area contributed by atoms with Crippen molar-refractivity contribution in [3.8, 4) is 5.75 Å². The van der Waals surface area contributed by atoms with Gasteiger partial charge in [-0.3, -0.25) is 0 Å². The highest BCUT2D eigenvalue weighted by molar-refractivity contribution is 7.07. The third kappa shape index (κ3) is 4.01. The van der Waals surface area contributed by atoms with Crippen LogP contribution in [0.25, 0.3) is 0 Å². The van der Waals surface area contributed by atoms with Gasteiger partial charge >= 0.3 is 6.03 Å². The van der Waals surface area contributed by atoms with E-state index in [1.807, 2.05) is 11.4 Å². The number of carbonyl (C=O) groups excluding carboxylic acids is 1. The lowest BCUT2D eigenvalue weighted by Gasteiger charge is -2.26. The molecule has 1 aromatic carbocycles. The number of nitrogens with one attached hydrogen (secondary N) is 2. The number of hydrogen-bond acceptors (Lipinski definition) is 4. The standard InChI is InChI=1S/C17H21N3O2S/c1-22-15-5-6-16-12(7-15)3-2-4-13(16)8-18-17(21)19-9-14-10-23-11-20-14/h5-7,10-11,13H,2-4,8-9H2,1H3,(H2,18,19,21)/t13-/m1/s1. The number of carbonyl (C=O) groups is 1. The Morgan fingerprint density at radius 2 is 2.35 bits per heavy atom. The molecule has 23 heavy (non-hydrogen) atoms. The summed E-state index contributed by atoms with van der Waals surface area (Å²) in [5.41, 5.74) is 5.32. The van der Waals surface area contributed by atoms with Crippen LogP contribution in [0.4, 0.5) is 4.79 Å². The van der Waals surface area contributed by atoms with Crippen LogP contribution in [-0.2, 0) is 13.0 Å². The molecule has 1 aliphatic carbocycles. The molecule has 0 fully saturated rings. The largest absolute Gasteiger partial charge is 0.497 e. The van der Waals surface area contributed by atoms with Crippen molar-refractivity contribution in [2.75, 3.05) is 13.7 Å². The second-order valence-electron chi connectivity index (χ2n) is 5.70. The molecule has 0 saturated heterocycles. The zero-order chi connectivity index (χ0) is 16.1. The van der Waals surface area contributed by atoms with Crippen LogP contribution < -0.4 is 15.4 Å². The highest BCUT2D eigenvalue weighted by Crippen LogP contribution is 2.33. The molecule has 2 N–H and O–H groups in total. The molecule has 1 aliphatic rings. The second kappa shape index (κ2) is 7.46. The fourth-order valence-corrected chi connectivity index (χ4v) is 3.56. The van der Waals surface area contributed by atoms with Crippen LogP contribution in [0.15, 0.2) is 29.1 Å². The number of aryl methyl sites for hydroxylation is 1. The molecule has 0 radical (unpaired) electrons. The Bertz CT molecular complexity index is 658. The van der Waals surface area contributed by atoms with Gasteiger partial charge in [-0.25, -0.2) is 9.78 Å². The van der Waals surface area contributed by atoms with E-state index < -0.39 is 0 Å². The number of amides is 2. The van der Waals surface area contributed by atoms with Crippen molar-refractivity contribution in [2.45, 2.75) is 31.7 Å². The zero-order valence-electron chi connectivity index (χ0n) is 13.2. The maximum atomic E-state index is 11.9. The van der Waals surface area contributed by atoms with Gasteiger partial charge in [-0.05, 0) is 42.5 Å². The number of ether oxygens (including phenoxy) is 1. The minimum Gasteiger partial charge on any atom is -0.497 e. The molecule has 1 heterocycles. The number of nitrogens with zero attached hydrogens (tertiary/aromatic N) is 1. The third-order valence-corrected chi connectivity index (χ3v) is 4.85. The molecule has 0 bridgehead atoms. The van der Waals surface area contributed by atoms with Crippen LogP contribution in [0.1, 0.15) is 35.6 Å². The molecule has 1 atom stereocenters. The first-order valence-electron chi connectivity index (χ1n) is 7.82. The van der Waals surface area contributed by atoms with Crippen LogP contribution in [0.5, 0.6) is 5.75 Å². The van der Waals surface area contributed by atoms with Crippen molar-refractivity contribution >= 4 is 17.4 Å². The summed E-state index contributed by atoms with van der Waals surface area (Å²) < 4.78 is 5.30. The van der Waals surface area contributed by atoms with Gasteiger partial charge in [0, 0.05) is 17.8 Å². The minimum absolute atomic E-state index is 0.140. The third-order valence-electron chi connectivity index (χ3n) is 4.21. The molecule has 122 valence electrons. The maximum Gasteiger partial charge on any atom is 0.315 e. The molecular weight excluding hydrogens is 310 g/mol. The molecule has 2 amide bonds. The Hall–Kier alpha value is -2.08. The van der Waals surface area contributed by atoms with Gasteiger partial charge in [0.05, 0.1) is 24.9 Å². The first-order chi connectivity index (χ1) is 11.3. The normalized spacial score (nSPS) is 16.5. The lowest BCUT2D eigenvalue weighted by Crippen LogP contribution is -2.38. The van der Waals surface area contributed by atoms with Crippen molar-refractivity contribution < 1.29 is 9.53 Å². The average Bonchev–Trinajstić information content (AvgIpc) is 3.11. The van der Waals surface area contributed by atoms with Gasteiger partial charge < -0.3 is 15.4 Å². The Kier molecular flexibility index (Phi) is 5.12. The van der Waals surface area contributed by atoms with Gasteiger partial charge in [-0.1, -0.05) is 6.07 Å². The topological polar surface area (TPSA) is 63.2 Å². The average molecular weight is 331 g/mol. The van der Waals surface area contributed by atoms with E-state index in [4.69, 9.17) is 4.74 Å². The highest BCUT2D eigenvalue weighted by atomic mass is 32.1. The molecule has 0 spiro atoms. The summed E-state index contributed by atoms with van der Waals surface area (Å²) in [6.45, 7) is 1.12. The smallest absolute Gasteiger partial charge is 0.315 e. The number of thiazole rings is 1. The van der Waals surface area contributed by atoms with Crippen molar-refractivity contribution in [1.82, 2.24) is 15.6 Å². The number of fused-ring (bicyclic) bond motifs is 1. The van der Waals surface area contributed by atoms with Gasteiger partial charge in [-0.2, -0.15) is 0 Å². The summed E-state index contributed by atoms with van der Waals surface area (Å²) >= 11 is 1.53. The van der Waals surface area contributed by atoms with E-state index in [-0.39, 0.29) is 6.03 Å². The monoisotopic (exact) mass is 331 g/mol. The number of methoxy groups -OCH3 is 1. The van der Waals surface area contributed by atoms with Crippen LogP contribution in [0.2, 0.25) is 0 Å². The van der Waals surface area contributed by atoms with Crippen molar-refractivity contribution in [1.29, 1.82) is 0 Å². The highest BCUT2D eigenvalue weighted by Gasteiger charge is 2.21. The molecule has 3 rings (SSSR count). The van der Waals surface area contributed by atoms with Crippen molar-refractivity contribution in [3.63, 3.8) is 0 Å². The van der Waals surface area contributed by atoms with Crippen LogP contribution in [-0.4, -0.2) is 24.7 Å². The van der Waals surface area contributed by atoms with Crippen LogP contribution in [0, 0.1) is 0 Å². The van der Waals surface area contributed by atoms with Gasteiger partial charge in [0.15, 0.2) is 0 Å². The second-order valence-corrected chi connectivity index (χ2v) is 6.42. The predicted octanol–water partition coefficient (Wildman–Crippen LogP) is 3.07. The molecular formula is C17H21N3O2S. The lowest BCUT2D eigenvalue weighted by molar-refractivity contribution is 0.239. The first-order valence-corrected chi connectivity index (χ1v) is 8.76. The van der Waals surface area contributed by atoms with Gasteiger partial charge in [0.1, 0.15) is 5.75 Å². The molecule has 2 aromatic rings. The van der Waals surface area contributed by atoms with Crippen LogP contribution in [0.3, 0.4) is 0 Å². The molecule has 6 heteroatoms. The number of benzene rings is 1. The Balaban J connectivity index is 1.54. The molecule has 1 aromatic heterocycles. The molecule has 0 aliphatic heterocycles. The Morgan fingerprint density at radius 1 is 1.43 bits per heavy atom. The van der Waals surface area contributed by atoms with E-state index in [0.29, 0.717) is 19.0 Å². The fraction of sp³-hybridized carbons (Fsp3) is 0.412. The number of rotatable bonds is 5. The van der Waals surface area contributed by atoms with Gasteiger partial charge in [0.25, 0.3) is 0 Å². The van der Waals surface area contributed by atoms with E-state index in [1.54, 1.807) is 12.6 Å². The lowest BCUT2D eigenvalue weighted by atomic mass is 9.82. The summed E-state index contributed by atoms with van der Waals surface area (Å²) in [6.07, 6.45) is 3.33. The van der Waals surface area contributed by atoms with E-state index >= 15 is 0 Å². The number of urea groups is 1. The van der Waals surface area contributed by atoms with Crippen molar-refractivity contribution in [3.05, 3.63) is 45.9 Å². The van der Waals surface area contributed by atoms with Gasteiger partial charge in [-0.15, -0.1) is 11.3 Å². The zero-order valence-corrected chi connectivity index (χ0v) is 14.0. The van der Waals surface area contributed by atoms with E-state index in [9.17, 15) is 4.79 Å². The van der Waals surface area contributed by atoms with Gasteiger partial charge in [0.2, 0.25) is 0 Å². The first kappa shape index (κ1) is 15.8. The molecule has 0 saturated carbocycles. The minimum atomic E-state index is -0.140. The number of hydrogen-bond donors (Lipinski definition) is 2. The number of aromatic nitrogens is 1. The van der Waals surface area contributed by atoms with Crippen molar-refractivity contribution in [2.24, 2.45) is 0 Å². The fourth-order valence-electron chi connectivity index (χ4n) is 3.00. The summed E-state index contributed by atoms with van der Waals surface area (Å²) in [4.78, 5) is 16.1. The quantitative estimate of drug-likeness (QED) is 0.885. The summed E-state index contributed by atoms with van der Waals surface area (Å²) in [5.74, 6) is 1.27. The Labute approximate surface area is 140 Å². The maximum absolute atomic E-state index is 11.9. The summed E-state index contributed by atoms with van der Waals surface area (Å²) in [5, 5.41) is 7.76. The van der Waals surface area contributed by atoms with E-state index in [1.165, 1.54) is 22.5 Å². The summed E-state index contributed by atoms with van der Waals surface area (Å²) in [6, 6.07) is 6.11. The Morgan fingerprint density at radius 3 is 3.13 bits per heavy atom. The molecule has 5 nitrogen and oxygen atoms in total. The predicted molar refractivity (Wildman–Crippen MR) is 91.0 cm³/mol.